The van der Waals surface area contributed by atoms with Gasteiger partial charge in [-0.05, 0) is 35.1 Å². The van der Waals surface area contributed by atoms with Crippen LogP contribution in [0.5, 0.6) is 0 Å². The highest BCUT2D eigenvalue weighted by Crippen LogP contribution is 2.44. The number of aliphatic hydroxyl groups excluding tert-OH is 1. The van der Waals surface area contributed by atoms with Crippen LogP contribution in [0.3, 0.4) is 0 Å². The van der Waals surface area contributed by atoms with Crippen molar-refractivity contribution < 1.29 is 34.1 Å². The van der Waals surface area contributed by atoms with Gasteiger partial charge in [-0.1, -0.05) is 48.5 Å². The number of alkyl carbamates (subject to hydrolysis) is 1. The first-order valence-electron chi connectivity index (χ1n) is 11.8. The van der Waals surface area contributed by atoms with Gasteiger partial charge in [0.1, 0.15) is 12.6 Å². The van der Waals surface area contributed by atoms with Crippen LogP contribution in [0.25, 0.3) is 11.1 Å². The lowest BCUT2D eigenvalue weighted by Crippen LogP contribution is -2.55. The molecule has 1 aliphatic heterocycles. The van der Waals surface area contributed by atoms with Gasteiger partial charge in [0.05, 0.1) is 12.0 Å². The van der Waals surface area contributed by atoms with Crippen molar-refractivity contribution in [2.45, 2.75) is 43.2 Å². The lowest BCUT2D eigenvalue weighted by molar-refractivity contribution is -0.142. The highest BCUT2D eigenvalue weighted by atomic mass is 16.5. The molecule has 0 aromatic heterocycles. The van der Waals surface area contributed by atoms with Crippen LogP contribution < -0.4 is 10.6 Å². The number of carbonyl (C=O) groups is 3. The molecule has 1 fully saturated rings. The Morgan fingerprint density at radius 2 is 1.63 bits per heavy atom. The summed E-state index contributed by atoms with van der Waals surface area (Å²) >= 11 is 0. The predicted octanol–water partition coefficient (Wildman–Crippen LogP) is 2.42. The van der Waals surface area contributed by atoms with Gasteiger partial charge in [0.25, 0.3) is 0 Å². The Morgan fingerprint density at radius 1 is 1.03 bits per heavy atom. The molecule has 186 valence electrons. The van der Waals surface area contributed by atoms with Gasteiger partial charge in [0.2, 0.25) is 5.91 Å². The number of carbonyl (C=O) groups excluding carboxylic acids is 2. The first-order chi connectivity index (χ1) is 16.9. The van der Waals surface area contributed by atoms with Crippen molar-refractivity contribution in [2.24, 2.45) is 0 Å². The van der Waals surface area contributed by atoms with Crippen molar-refractivity contribution >= 4 is 18.0 Å². The fraction of sp³-hybridized carbons (Fsp3) is 0.423. The van der Waals surface area contributed by atoms with Crippen LogP contribution in [-0.4, -0.2) is 66.2 Å². The molecule has 2 aromatic carbocycles. The van der Waals surface area contributed by atoms with E-state index in [2.05, 4.69) is 22.8 Å². The van der Waals surface area contributed by atoms with E-state index in [0.717, 1.165) is 22.3 Å². The van der Waals surface area contributed by atoms with Crippen molar-refractivity contribution in [3.63, 3.8) is 0 Å². The van der Waals surface area contributed by atoms with E-state index in [-0.39, 0.29) is 32.0 Å². The van der Waals surface area contributed by atoms with Crippen LogP contribution in [0.15, 0.2) is 48.5 Å². The molecule has 9 nitrogen and oxygen atoms in total. The number of aliphatic carboxylic acids is 1. The van der Waals surface area contributed by atoms with E-state index < -0.39 is 29.6 Å². The first-order valence-corrected chi connectivity index (χ1v) is 11.8. The summed E-state index contributed by atoms with van der Waals surface area (Å²) in [5, 5.41) is 23.6. The minimum Gasteiger partial charge on any atom is -0.480 e. The van der Waals surface area contributed by atoms with E-state index in [9.17, 15) is 19.5 Å². The summed E-state index contributed by atoms with van der Waals surface area (Å²) in [4.78, 5) is 36.8. The number of amides is 2. The number of fused-ring (bicyclic) bond motifs is 3. The maximum absolute atomic E-state index is 12.9. The summed E-state index contributed by atoms with van der Waals surface area (Å²) in [5.74, 6) is -1.83. The van der Waals surface area contributed by atoms with Gasteiger partial charge in [0, 0.05) is 32.2 Å². The molecular weight excluding hydrogens is 452 g/mol. The molecule has 4 rings (SSSR count). The highest BCUT2D eigenvalue weighted by molar-refractivity contribution is 5.85. The van der Waals surface area contributed by atoms with Gasteiger partial charge >= 0.3 is 12.1 Å². The minimum atomic E-state index is -1.22. The van der Waals surface area contributed by atoms with E-state index in [1.54, 1.807) is 0 Å². The number of carboxylic acids is 1. The van der Waals surface area contributed by atoms with E-state index >= 15 is 0 Å². The Bertz CT molecular complexity index is 1040. The Kier molecular flexibility index (Phi) is 7.67. The van der Waals surface area contributed by atoms with E-state index in [1.807, 2.05) is 36.4 Å². The van der Waals surface area contributed by atoms with Crippen molar-refractivity contribution in [2.75, 3.05) is 26.4 Å². The zero-order chi connectivity index (χ0) is 24.8. The smallest absolute Gasteiger partial charge is 0.407 e. The average Bonchev–Trinajstić information content (AvgIpc) is 3.16. The number of aliphatic hydroxyl groups is 1. The summed E-state index contributed by atoms with van der Waals surface area (Å²) in [5.41, 5.74) is 3.55. The average molecular weight is 483 g/mol. The van der Waals surface area contributed by atoms with Crippen molar-refractivity contribution in [3.05, 3.63) is 59.7 Å². The molecule has 9 heteroatoms. The largest absolute Gasteiger partial charge is 0.480 e. The van der Waals surface area contributed by atoms with Crippen LogP contribution in [0.2, 0.25) is 0 Å². The topological polar surface area (TPSA) is 134 Å². The second-order valence-electron chi connectivity index (χ2n) is 8.99. The van der Waals surface area contributed by atoms with Crippen LogP contribution in [0, 0.1) is 0 Å². The molecule has 4 N–H and O–H groups in total. The number of carboxylic acid groups (broad SMARTS) is 1. The van der Waals surface area contributed by atoms with E-state index in [4.69, 9.17) is 14.6 Å². The highest BCUT2D eigenvalue weighted by Gasteiger charge is 2.38. The number of hydrogen-bond acceptors (Lipinski definition) is 6. The van der Waals surface area contributed by atoms with Crippen LogP contribution in [0.4, 0.5) is 4.79 Å². The summed E-state index contributed by atoms with van der Waals surface area (Å²) < 4.78 is 11.1. The third-order valence-corrected chi connectivity index (χ3v) is 6.71. The Hall–Kier alpha value is -3.43. The van der Waals surface area contributed by atoms with E-state index in [1.165, 1.54) is 0 Å². The number of benzene rings is 2. The van der Waals surface area contributed by atoms with Gasteiger partial charge in [0.15, 0.2) is 0 Å². The summed E-state index contributed by atoms with van der Waals surface area (Å²) in [6, 6.07) is 14.9. The molecule has 35 heavy (non-hydrogen) atoms. The zero-order valence-corrected chi connectivity index (χ0v) is 19.4. The van der Waals surface area contributed by atoms with Gasteiger partial charge in [-0.15, -0.1) is 0 Å². The number of nitrogens with one attached hydrogen (secondary N) is 2. The molecule has 0 unspecified atom stereocenters. The summed E-state index contributed by atoms with van der Waals surface area (Å²) in [6.07, 6.45) is -0.0658. The zero-order valence-electron chi connectivity index (χ0n) is 19.4. The molecule has 1 aliphatic carbocycles. The van der Waals surface area contributed by atoms with Crippen LogP contribution >= 0.6 is 0 Å². The molecule has 2 aromatic rings. The molecule has 2 aliphatic rings. The fourth-order valence-electron chi connectivity index (χ4n) is 4.90. The molecule has 1 atom stereocenters. The monoisotopic (exact) mass is 482 g/mol. The third kappa shape index (κ3) is 5.63. The van der Waals surface area contributed by atoms with Gasteiger partial charge in [-0.2, -0.15) is 0 Å². The standard InChI is InChI=1S/C26H30N2O7/c29-12-9-22(24(31)32)27-23(30)15-26(10-13-34-14-11-26)28-25(33)35-16-21-19-7-3-1-5-17(19)18-6-2-4-8-20(18)21/h1-8,21-22,29H,9-16H2,(H,27,30)(H,28,33)(H,31,32)/t22-/m1/s1. The Morgan fingerprint density at radius 3 is 2.20 bits per heavy atom. The molecule has 0 radical (unpaired) electrons. The SMILES string of the molecule is O=C(CC1(NC(=O)OCC2c3ccccc3-c3ccccc32)CCOCC1)N[C@H](CCO)C(=O)O. The molecule has 1 heterocycles. The summed E-state index contributed by atoms with van der Waals surface area (Å²) in [6.45, 7) is 0.496. The van der Waals surface area contributed by atoms with E-state index in [0.29, 0.717) is 26.1 Å². The number of ether oxygens (including phenoxy) is 2. The second-order valence-corrected chi connectivity index (χ2v) is 8.99. The lowest BCUT2D eigenvalue weighted by Gasteiger charge is -2.37. The molecule has 1 saturated heterocycles. The minimum absolute atomic E-state index is 0.0862. The normalized spacial score (nSPS) is 17.1. The molecule has 0 spiro atoms. The maximum Gasteiger partial charge on any atom is 0.407 e. The molecule has 2 amide bonds. The van der Waals surface area contributed by atoms with Gasteiger partial charge in [-0.3, -0.25) is 4.79 Å². The fourth-order valence-corrected chi connectivity index (χ4v) is 4.90. The molecule has 0 saturated carbocycles. The number of rotatable bonds is 9. The van der Waals surface area contributed by atoms with Crippen LogP contribution in [0.1, 0.15) is 42.7 Å². The molecule has 0 bridgehead atoms. The maximum atomic E-state index is 12.9. The van der Waals surface area contributed by atoms with Crippen molar-refractivity contribution in [3.8, 4) is 11.1 Å². The van der Waals surface area contributed by atoms with Gasteiger partial charge < -0.3 is 30.3 Å². The Balaban J connectivity index is 1.41. The Labute approximate surface area is 203 Å². The lowest BCUT2D eigenvalue weighted by atomic mass is 9.86. The predicted molar refractivity (Wildman–Crippen MR) is 127 cm³/mol. The van der Waals surface area contributed by atoms with Crippen molar-refractivity contribution in [1.29, 1.82) is 0 Å². The molecular formula is C26H30N2O7. The summed E-state index contributed by atoms with van der Waals surface area (Å²) in [7, 11) is 0. The second kappa shape index (κ2) is 10.9. The van der Waals surface area contributed by atoms with Crippen molar-refractivity contribution in [1.82, 2.24) is 10.6 Å². The van der Waals surface area contributed by atoms with Crippen LogP contribution in [-0.2, 0) is 19.1 Å². The first kappa shape index (κ1) is 24.7. The third-order valence-electron chi connectivity index (χ3n) is 6.71. The van der Waals surface area contributed by atoms with Gasteiger partial charge in [-0.25, -0.2) is 9.59 Å². The quantitative estimate of drug-likeness (QED) is 0.431. The number of hydrogen-bond donors (Lipinski definition) is 4.